The first-order valence-electron chi connectivity index (χ1n) is 6.79. The summed E-state index contributed by atoms with van der Waals surface area (Å²) < 4.78 is 14.5. The lowest BCUT2D eigenvalue weighted by atomic mass is 10.3. The fourth-order valence-electron chi connectivity index (χ4n) is 1.89. The minimum atomic E-state index is -0.308. The number of nitrogens with one attached hydrogen (secondary N) is 1. The molecule has 0 aliphatic heterocycles. The van der Waals surface area contributed by atoms with E-state index in [2.05, 4.69) is 26.1 Å². The molecule has 8 heteroatoms. The Morgan fingerprint density at radius 1 is 1.13 bits per heavy atom. The molecule has 1 aromatic heterocycles. The molecule has 116 valence electrons. The molecule has 0 spiro atoms. The molecule has 0 radical (unpaired) electrons. The highest BCUT2D eigenvalue weighted by Gasteiger charge is 2.06. The molecule has 1 N–H and O–H groups in total. The van der Waals surface area contributed by atoms with E-state index in [1.54, 1.807) is 30.5 Å². The number of rotatable bonds is 5. The summed E-state index contributed by atoms with van der Waals surface area (Å²) in [5, 5.41) is 16.3. The average molecular weight is 331 g/mol. The van der Waals surface area contributed by atoms with Gasteiger partial charge in [0.05, 0.1) is 11.4 Å². The zero-order chi connectivity index (χ0) is 16.1. The molecule has 0 saturated heterocycles. The summed E-state index contributed by atoms with van der Waals surface area (Å²) in [7, 11) is 0. The largest absolute Gasteiger partial charge is 0.279 e. The van der Waals surface area contributed by atoms with Crippen molar-refractivity contribution in [2.45, 2.75) is 6.42 Å². The Bertz CT molecular complexity index is 798. The van der Waals surface area contributed by atoms with Crippen LogP contribution in [-0.4, -0.2) is 26.4 Å². The molecule has 0 bridgehead atoms. The Hall–Kier alpha value is -2.80. The van der Waals surface area contributed by atoms with E-state index in [0.29, 0.717) is 23.0 Å². The van der Waals surface area contributed by atoms with Crippen LogP contribution >= 0.6 is 11.6 Å². The standard InChI is InChI=1S/C15H12ClFN6/c16-11-1-5-13(6-2-11)19-18-10-9-15-20-21-22-23(15)14-7-3-12(17)4-8-14/h1-8,10,19H,9H2. The topological polar surface area (TPSA) is 68.0 Å². The van der Waals surface area contributed by atoms with Crippen molar-refractivity contribution >= 4 is 23.5 Å². The van der Waals surface area contributed by atoms with E-state index >= 15 is 0 Å². The second kappa shape index (κ2) is 6.97. The molecule has 0 unspecified atom stereocenters. The number of hydrogen-bond donors (Lipinski definition) is 1. The van der Waals surface area contributed by atoms with Crippen molar-refractivity contribution in [2.24, 2.45) is 5.10 Å². The van der Waals surface area contributed by atoms with Gasteiger partial charge in [0.1, 0.15) is 5.82 Å². The Morgan fingerprint density at radius 3 is 2.61 bits per heavy atom. The Kier molecular flexibility index (Phi) is 4.58. The van der Waals surface area contributed by atoms with Crippen LogP contribution in [0.5, 0.6) is 0 Å². The number of hydrazone groups is 1. The molecule has 3 rings (SSSR count). The minimum Gasteiger partial charge on any atom is -0.279 e. The molecule has 0 aliphatic rings. The fraction of sp³-hybridized carbons (Fsp3) is 0.0667. The summed E-state index contributed by atoms with van der Waals surface area (Å²) in [6.07, 6.45) is 2.07. The second-order valence-corrected chi connectivity index (χ2v) is 5.05. The summed E-state index contributed by atoms with van der Waals surface area (Å²) in [6.45, 7) is 0. The number of aromatic nitrogens is 4. The fourth-order valence-corrected chi connectivity index (χ4v) is 2.01. The van der Waals surface area contributed by atoms with Crippen LogP contribution in [0.4, 0.5) is 10.1 Å². The number of halogens is 2. The van der Waals surface area contributed by atoms with Gasteiger partial charge < -0.3 is 0 Å². The predicted molar refractivity (Wildman–Crippen MR) is 86.4 cm³/mol. The number of hydrogen-bond acceptors (Lipinski definition) is 5. The van der Waals surface area contributed by atoms with Gasteiger partial charge in [-0.25, -0.2) is 4.39 Å². The quantitative estimate of drug-likeness (QED) is 0.576. The summed E-state index contributed by atoms with van der Waals surface area (Å²) in [6, 6.07) is 13.1. The molecule has 1 heterocycles. The third-order valence-corrected chi connectivity index (χ3v) is 3.26. The Morgan fingerprint density at radius 2 is 1.87 bits per heavy atom. The molecule has 6 nitrogen and oxygen atoms in total. The third-order valence-electron chi connectivity index (χ3n) is 3.01. The molecule has 0 atom stereocenters. The maximum Gasteiger partial charge on any atom is 0.162 e. The maximum absolute atomic E-state index is 13.0. The highest BCUT2D eigenvalue weighted by atomic mass is 35.5. The van der Waals surface area contributed by atoms with Gasteiger partial charge in [0.25, 0.3) is 0 Å². The third kappa shape index (κ3) is 3.89. The van der Waals surface area contributed by atoms with Crippen molar-refractivity contribution in [1.29, 1.82) is 0 Å². The number of nitrogens with zero attached hydrogens (tertiary/aromatic N) is 5. The van der Waals surface area contributed by atoms with Crippen molar-refractivity contribution in [3.63, 3.8) is 0 Å². The second-order valence-electron chi connectivity index (χ2n) is 4.62. The lowest BCUT2D eigenvalue weighted by molar-refractivity contribution is 0.626. The summed E-state index contributed by atoms with van der Waals surface area (Å²) >= 11 is 5.81. The first-order chi connectivity index (χ1) is 11.2. The van der Waals surface area contributed by atoms with Crippen molar-refractivity contribution in [1.82, 2.24) is 20.2 Å². The lowest BCUT2D eigenvalue weighted by Crippen LogP contribution is -2.04. The molecular weight excluding hydrogens is 319 g/mol. The Labute approximate surface area is 136 Å². The van der Waals surface area contributed by atoms with Gasteiger partial charge in [-0.15, -0.1) is 5.10 Å². The van der Waals surface area contributed by atoms with Gasteiger partial charge in [0.15, 0.2) is 5.82 Å². The highest BCUT2D eigenvalue weighted by molar-refractivity contribution is 6.30. The van der Waals surface area contributed by atoms with Crippen LogP contribution in [0, 0.1) is 5.82 Å². The van der Waals surface area contributed by atoms with E-state index in [9.17, 15) is 4.39 Å². The Balaban J connectivity index is 1.65. The zero-order valence-corrected chi connectivity index (χ0v) is 12.7. The van der Waals surface area contributed by atoms with Gasteiger partial charge in [-0.1, -0.05) is 11.6 Å². The number of tetrazole rings is 1. The molecule has 23 heavy (non-hydrogen) atoms. The first-order valence-corrected chi connectivity index (χ1v) is 7.16. The van der Waals surface area contributed by atoms with Gasteiger partial charge in [-0.05, 0) is 59.0 Å². The molecule has 0 amide bonds. The average Bonchev–Trinajstić information content (AvgIpc) is 3.02. The van der Waals surface area contributed by atoms with Crippen molar-refractivity contribution < 1.29 is 4.39 Å². The van der Waals surface area contributed by atoms with Crippen LogP contribution in [0.3, 0.4) is 0 Å². The zero-order valence-electron chi connectivity index (χ0n) is 11.9. The van der Waals surface area contributed by atoms with Crippen LogP contribution in [0.2, 0.25) is 5.02 Å². The smallest absolute Gasteiger partial charge is 0.162 e. The van der Waals surface area contributed by atoms with Crippen LogP contribution in [-0.2, 0) is 6.42 Å². The molecule has 0 saturated carbocycles. The van der Waals surface area contributed by atoms with Crippen LogP contribution in [0.1, 0.15) is 5.82 Å². The normalized spacial score (nSPS) is 11.0. The molecule has 0 fully saturated rings. The van der Waals surface area contributed by atoms with Gasteiger partial charge in [0, 0.05) is 17.7 Å². The van der Waals surface area contributed by atoms with Gasteiger partial charge in [0.2, 0.25) is 0 Å². The van der Waals surface area contributed by atoms with Crippen LogP contribution < -0.4 is 5.43 Å². The van der Waals surface area contributed by atoms with Crippen molar-refractivity contribution in [3.05, 3.63) is 65.2 Å². The first kappa shape index (κ1) is 15.1. The van der Waals surface area contributed by atoms with Gasteiger partial charge >= 0.3 is 0 Å². The SMILES string of the molecule is Fc1ccc(-n2nnnc2CC=NNc2ccc(Cl)cc2)cc1. The van der Waals surface area contributed by atoms with E-state index in [1.165, 1.54) is 16.8 Å². The molecule has 3 aromatic rings. The van der Waals surface area contributed by atoms with Gasteiger partial charge in [-0.2, -0.15) is 9.78 Å². The van der Waals surface area contributed by atoms with Crippen LogP contribution in [0.15, 0.2) is 53.6 Å². The molecule has 2 aromatic carbocycles. The highest BCUT2D eigenvalue weighted by Crippen LogP contribution is 2.13. The summed E-state index contributed by atoms with van der Waals surface area (Å²) in [4.78, 5) is 0. The van der Waals surface area contributed by atoms with Crippen molar-refractivity contribution in [2.75, 3.05) is 5.43 Å². The summed E-state index contributed by atoms with van der Waals surface area (Å²) in [5.41, 5.74) is 4.39. The van der Waals surface area contributed by atoms with Crippen LogP contribution in [0.25, 0.3) is 5.69 Å². The lowest BCUT2D eigenvalue weighted by Gasteiger charge is -2.02. The van der Waals surface area contributed by atoms with E-state index in [0.717, 1.165) is 5.69 Å². The molecular formula is C15H12ClFN6. The van der Waals surface area contributed by atoms with Crippen molar-refractivity contribution in [3.8, 4) is 5.69 Å². The maximum atomic E-state index is 13.0. The van der Waals surface area contributed by atoms with Gasteiger partial charge in [-0.3, -0.25) is 5.43 Å². The number of benzene rings is 2. The summed E-state index contributed by atoms with van der Waals surface area (Å²) in [5.74, 6) is 0.287. The molecule has 0 aliphatic carbocycles. The minimum absolute atomic E-state index is 0.308. The monoisotopic (exact) mass is 330 g/mol. The van der Waals surface area contributed by atoms with E-state index in [1.807, 2.05) is 12.1 Å². The van der Waals surface area contributed by atoms with E-state index in [4.69, 9.17) is 11.6 Å². The van der Waals surface area contributed by atoms with E-state index in [-0.39, 0.29) is 5.82 Å². The number of anilines is 1. The predicted octanol–water partition coefficient (Wildman–Crippen LogP) is 3.10. The van der Waals surface area contributed by atoms with E-state index < -0.39 is 0 Å².